The molecule has 2 saturated carbocycles. The van der Waals surface area contributed by atoms with Crippen LogP contribution in [0, 0.1) is 28.1 Å². The van der Waals surface area contributed by atoms with E-state index in [2.05, 4.69) is 6.07 Å². The van der Waals surface area contributed by atoms with Crippen LogP contribution in [0.5, 0.6) is 0 Å². The van der Waals surface area contributed by atoms with Crippen molar-refractivity contribution in [2.24, 2.45) is 16.7 Å². The maximum Gasteiger partial charge on any atom is 0.327 e. The van der Waals surface area contributed by atoms with E-state index in [1.807, 2.05) is 6.92 Å². The minimum atomic E-state index is -0.831. The zero-order valence-electron chi connectivity index (χ0n) is 9.38. The number of nitrogens with zero attached hydrogens (tertiary/aromatic N) is 1. The van der Waals surface area contributed by atoms with E-state index in [4.69, 9.17) is 4.74 Å². The van der Waals surface area contributed by atoms with E-state index in [9.17, 15) is 10.1 Å². The molecule has 0 N–H and O–H groups in total. The third-order valence-electron chi connectivity index (χ3n) is 4.61. The predicted molar refractivity (Wildman–Crippen MR) is 54.7 cm³/mol. The van der Waals surface area contributed by atoms with Crippen molar-refractivity contribution in [1.29, 1.82) is 5.26 Å². The molecule has 0 aromatic rings. The smallest absolute Gasteiger partial charge is 0.327 e. The van der Waals surface area contributed by atoms with Gasteiger partial charge >= 0.3 is 5.97 Å². The number of nitriles is 1. The Morgan fingerprint density at radius 3 is 2.47 bits per heavy atom. The van der Waals surface area contributed by atoms with Crippen molar-refractivity contribution in [3.8, 4) is 6.07 Å². The zero-order valence-corrected chi connectivity index (χ0v) is 9.38. The first-order valence-electron chi connectivity index (χ1n) is 5.65. The summed E-state index contributed by atoms with van der Waals surface area (Å²) in [4.78, 5) is 11.8. The van der Waals surface area contributed by atoms with Gasteiger partial charge in [0.1, 0.15) is 0 Å². The van der Waals surface area contributed by atoms with Crippen molar-refractivity contribution >= 4 is 5.97 Å². The largest absolute Gasteiger partial charge is 0.468 e. The van der Waals surface area contributed by atoms with Crippen LogP contribution < -0.4 is 0 Å². The number of carbonyl (C=O) groups excluding carboxylic acids is 1. The summed E-state index contributed by atoms with van der Waals surface area (Å²) in [5.74, 6) is -0.151. The van der Waals surface area contributed by atoms with E-state index in [1.54, 1.807) is 0 Å². The van der Waals surface area contributed by atoms with Gasteiger partial charge in [0, 0.05) is 5.41 Å². The highest BCUT2D eigenvalue weighted by Gasteiger charge is 2.79. The first-order chi connectivity index (χ1) is 7.15. The average molecular weight is 207 g/mol. The van der Waals surface area contributed by atoms with Crippen LogP contribution in [0.25, 0.3) is 0 Å². The van der Waals surface area contributed by atoms with Crippen LogP contribution in [0.15, 0.2) is 0 Å². The van der Waals surface area contributed by atoms with Crippen molar-refractivity contribution in [3.05, 3.63) is 0 Å². The van der Waals surface area contributed by atoms with Crippen LogP contribution >= 0.6 is 0 Å². The summed E-state index contributed by atoms with van der Waals surface area (Å²) in [6, 6.07) is 2.24. The Morgan fingerprint density at radius 1 is 1.40 bits per heavy atom. The van der Waals surface area contributed by atoms with Gasteiger partial charge in [0.25, 0.3) is 0 Å². The fourth-order valence-electron chi connectivity index (χ4n) is 3.62. The molecule has 2 unspecified atom stereocenters. The third-order valence-corrected chi connectivity index (χ3v) is 4.61. The number of hydrogen-bond donors (Lipinski definition) is 0. The lowest BCUT2D eigenvalue weighted by Crippen LogP contribution is -2.25. The molecule has 0 amide bonds. The van der Waals surface area contributed by atoms with Gasteiger partial charge in [-0.15, -0.1) is 0 Å². The number of rotatable bonds is 1. The molecule has 3 nitrogen and oxygen atoms in total. The molecule has 0 aliphatic heterocycles. The molecule has 1 spiro atoms. The van der Waals surface area contributed by atoms with Crippen LogP contribution in [-0.2, 0) is 9.53 Å². The van der Waals surface area contributed by atoms with Gasteiger partial charge in [-0.3, -0.25) is 4.79 Å². The highest BCUT2D eigenvalue weighted by molar-refractivity contribution is 5.86. The zero-order chi connectivity index (χ0) is 11.1. The van der Waals surface area contributed by atoms with Crippen molar-refractivity contribution in [2.75, 3.05) is 7.11 Å². The van der Waals surface area contributed by atoms with E-state index in [-0.39, 0.29) is 17.3 Å². The molecule has 82 valence electrons. The van der Waals surface area contributed by atoms with Gasteiger partial charge in [0.2, 0.25) is 0 Å². The summed E-state index contributed by atoms with van der Waals surface area (Å²) in [5.41, 5.74) is -0.894. The van der Waals surface area contributed by atoms with Gasteiger partial charge in [-0.2, -0.15) is 5.26 Å². The maximum absolute atomic E-state index is 11.8. The van der Waals surface area contributed by atoms with Crippen LogP contribution in [0.4, 0.5) is 0 Å². The molecule has 0 bridgehead atoms. The van der Waals surface area contributed by atoms with E-state index >= 15 is 0 Å². The summed E-state index contributed by atoms with van der Waals surface area (Å²) in [6.07, 6.45) is 5.54. The summed E-state index contributed by atoms with van der Waals surface area (Å²) in [7, 11) is 1.38. The summed E-state index contributed by atoms with van der Waals surface area (Å²) in [6.45, 7) is 2.02. The summed E-state index contributed by atoms with van der Waals surface area (Å²) >= 11 is 0. The number of ether oxygens (including phenoxy) is 1. The number of methoxy groups -OCH3 is 1. The van der Waals surface area contributed by atoms with Gasteiger partial charge in [-0.25, -0.2) is 0 Å². The summed E-state index contributed by atoms with van der Waals surface area (Å²) < 4.78 is 4.80. The van der Waals surface area contributed by atoms with E-state index in [1.165, 1.54) is 13.5 Å². The maximum atomic E-state index is 11.8. The molecule has 15 heavy (non-hydrogen) atoms. The van der Waals surface area contributed by atoms with Crippen molar-refractivity contribution in [1.82, 2.24) is 0 Å². The fraction of sp³-hybridized carbons (Fsp3) is 0.833. The first-order valence-corrected chi connectivity index (χ1v) is 5.65. The Balaban J connectivity index is 2.30. The standard InChI is InChI=1S/C12H17NO2/c1-9-11(6-4-3-5-7-11)12(9,8-13)10(14)15-2/h9H,3-7H2,1-2H3. The topological polar surface area (TPSA) is 50.1 Å². The molecule has 2 aliphatic rings. The molecule has 2 atom stereocenters. The molecular formula is C12H17NO2. The van der Waals surface area contributed by atoms with Crippen LogP contribution in [0.2, 0.25) is 0 Å². The van der Waals surface area contributed by atoms with Gasteiger partial charge < -0.3 is 4.74 Å². The van der Waals surface area contributed by atoms with Crippen LogP contribution in [0.1, 0.15) is 39.0 Å². The highest BCUT2D eigenvalue weighted by atomic mass is 16.5. The van der Waals surface area contributed by atoms with E-state index in [0.29, 0.717) is 0 Å². The van der Waals surface area contributed by atoms with Crippen LogP contribution in [0.3, 0.4) is 0 Å². The molecule has 3 heteroatoms. The lowest BCUT2D eigenvalue weighted by atomic mass is 9.79. The van der Waals surface area contributed by atoms with Gasteiger partial charge in [0.15, 0.2) is 5.41 Å². The quantitative estimate of drug-likeness (QED) is 0.620. The molecule has 2 rings (SSSR count). The average Bonchev–Trinajstić information content (AvgIpc) is 2.78. The first kappa shape index (κ1) is 10.5. The molecule has 2 fully saturated rings. The van der Waals surface area contributed by atoms with Crippen molar-refractivity contribution in [2.45, 2.75) is 39.0 Å². The van der Waals surface area contributed by atoms with Gasteiger partial charge in [0.05, 0.1) is 13.2 Å². The SMILES string of the molecule is COC(=O)C1(C#N)C(C)C12CCCCC2. The number of carbonyl (C=O) groups is 1. The second kappa shape index (κ2) is 3.23. The molecule has 0 saturated heterocycles. The fourth-order valence-corrected chi connectivity index (χ4v) is 3.62. The highest BCUT2D eigenvalue weighted by Crippen LogP contribution is 2.74. The molecule has 0 aromatic heterocycles. The monoisotopic (exact) mass is 207 g/mol. The molecule has 0 aromatic carbocycles. The second-order valence-corrected chi connectivity index (χ2v) is 4.85. The van der Waals surface area contributed by atoms with E-state index < -0.39 is 5.41 Å². The lowest BCUT2D eigenvalue weighted by molar-refractivity contribution is -0.146. The minimum Gasteiger partial charge on any atom is -0.468 e. The Bertz CT molecular complexity index is 325. The molecular weight excluding hydrogens is 190 g/mol. The Hall–Kier alpha value is -1.04. The number of hydrogen-bond acceptors (Lipinski definition) is 3. The lowest BCUT2D eigenvalue weighted by Gasteiger charge is -2.24. The normalized spacial score (nSPS) is 37.0. The molecule has 0 heterocycles. The third kappa shape index (κ3) is 1.03. The minimum absolute atomic E-state index is 0.0624. The molecule has 2 aliphatic carbocycles. The van der Waals surface area contributed by atoms with Crippen molar-refractivity contribution < 1.29 is 9.53 Å². The summed E-state index contributed by atoms with van der Waals surface area (Å²) in [5, 5.41) is 9.30. The Labute approximate surface area is 90.4 Å². The second-order valence-electron chi connectivity index (χ2n) is 4.85. The molecule has 0 radical (unpaired) electrons. The predicted octanol–water partition coefficient (Wildman–Crippen LogP) is 2.27. The van der Waals surface area contributed by atoms with Crippen molar-refractivity contribution in [3.63, 3.8) is 0 Å². The van der Waals surface area contributed by atoms with Gasteiger partial charge in [-0.05, 0) is 18.8 Å². The Morgan fingerprint density at radius 2 is 2.00 bits per heavy atom. The number of esters is 1. The van der Waals surface area contributed by atoms with Crippen LogP contribution in [-0.4, -0.2) is 13.1 Å². The van der Waals surface area contributed by atoms with E-state index in [0.717, 1.165) is 25.7 Å². The Kier molecular flexibility index (Phi) is 2.26. The van der Waals surface area contributed by atoms with Gasteiger partial charge in [-0.1, -0.05) is 26.2 Å².